The molecule has 0 saturated carbocycles. The maximum atomic E-state index is 3.92. The van der Waals surface area contributed by atoms with Gasteiger partial charge in [0.1, 0.15) is 12.7 Å². The van der Waals surface area contributed by atoms with Crippen LogP contribution in [0, 0.1) is 34.6 Å². The molecular formula is C35H60N10. The van der Waals surface area contributed by atoms with Gasteiger partial charge in [0.25, 0.3) is 0 Å². The molecule has 5 rings (SSSR count). The smallest absolute Gasteiger partial charge is 0.115 e. The van der Waals surface area contributed by atoms with Gasteiger partial charge in [-0.3, -0.25) is 9.97 Å². The molecule has 0 unspecified atom stereocenters. The molecule has 0 amide bonds. The number of hydrogen-bond donors (Lipinski definition) is 0. The maximum Gasteiger partial charge on any atom is 0.115 e. The molecule has 5 aromatic heterocycles. The number of nitrogens with zero attached hydrogens (tertiary/aromatic N) is 10. The van der Waals surface area contributed by atoms with Gasteiger partial charge in [0, 0.05) is 55.3 Å². The Morgan fingerprint density at radius 2 is 1.00 bits per heavy atom. The van der Waals surface area contributed by atoms with Crippen molar-refractivity contribution in [3.8, 4) is 0 Å². The number of rotatable bonds is 0. The van der Waals surface area contributed by atoms with E-state index in [1.807, 2.05) is 128 Å². The minimum atomic E-state index is 0.961. The van der Waals surface area contributed by atoms with Gasteiger partial charge in [0.15, 0.2) is 0 Å². The van der Waals surface area contributed by atoms with Crippen LogP contribution in [0.15, 0.2) is 92.7 Å². The fourth-order valence-electron chi connectivity index (χ4n) is 1.84. The average Bonchev–Trinajstić information content (AvgIpc) is 3.12. The van der Waals surface area contributed by atoms with Crippen LogP contribution in [0.1, 0.15) is 97.4 Å². The Morgan fingerprint density at radius 1 is 0.378 bits per heavy atom. The summed E-state index contributed by atoms with van der Waals surface area (Å²) in [5, 5.41) is 14.6. The fourth-order valence-corrected chi connectivity index (χ4v) is 1.84. The Labute approximate surface area is 274 Å². The van der Waals surface area contributed by atoms with E-state index in [2.05, 4.69) is 50.3 Å². The van der Waals surface area contributed by atoms with E-state index in [9.17, 15) is 0 Å². The molecule has 45 heavy (non-hydrogen) atoms. The highest BCUT2D eigenvalue weighted by atomic mass is 15.1. The van der Waals surface area contributed by atoms with Gasteiger partial charge in [0.2, 0.25) is 0 Å². The first-order chi connectivity index (χ1) is 22.0. The predicted octanol–water partition coefficient (Wildman–Crippen LogP) is 9.06. The monoisotopic (exact) mass is 621 g/mol. The van der Waals surface area contributed by atoms with Gasteiger partial charge < -0.3 is 0 Å². The molecule has 0 aliphatic carbocycles. The lowest BCUT2D eigenvalue weighted by Crippen LogP contribution is -1.79. The van der Waals surface area contributed by atoms with E-state index in [1.165, 1.54) is 12.7 Å². The Hall–Kier alpha value is -4.60. The molecular weight excluding hydrogens is 560 g/mol. The van der Waals surface area contributed by atoms with Crippen LogP contribution in [0.4, 0.5) is 0 Å². The molecule has 0 N–H and O–H groups in total. The Bertz CT molecular complexity index is 902. The fraction of sp³-hybridized carbons (Fsp3) is 0.429. The van der Waals surface area contributed by atoms with Crippen LogP contribution in [0.2, 0.25) is 0 Å². The van der Waals surface area contributed by atoms with E-state index in [0.29, 0.717) is 0 Å². The van der Waals surface area contributed by atoms with Gasteiger partial charge in [0.05, 0.1) is 17.6 Å². The summed E-state index contributed by atoms with van der Waals surface area (Å²) in [6.07, 6.45) is 18.4. The van der Waals surface area contributed by atoms with Gasteiger partial charge in [-0.1, -0.05) is 69.2 Å². The Balaban J connectivity index is -0.000000138. The zero-order chi connectivity index (χ0) is 35.6. The summed E-state index contributed by atoms with van der Waals surface area (Å²) in [6, 6.07) is 7.54. The highest BCUT2D eigenvalue weighted by Crippen LogP contribution is 1.86. The third-order valence-corrected chi connectivity index (χ3v) is 3.55. The van der Waals surface area contributed by atoms with Crippen molar-refractivity contribution in [2.24, 2.45) is 0 Å². The lowest BCUT2D eigenvalue weighted by atomic mass is 10.4. The van der Waals surface area contributed by atoms with E-state index >= 15 is 0 Å². The van der Waals surface area contributed by atoms with Crippen molar-refractivity contribution >= 4 is 0 Å². The van der Waals surface area contributed by atoms with Crippen LogP contribution in [0.5, 0.6) is 0 Å². The second-order valence-electron chi connectivity index (χ2n) is 6.90. The normalized spacial score (nSPS) is 7.44. The van der Waals surface area contributed by atoms with Crippen molar-refractivity contribution in [2.45, 2.75) is 104 Å². The molecule has 0 spiro atoms. The first-order valence-electron chi connectivity index (χ1n) is 15.6. The van der Waals surface area contributed by atoms with E-state index in [-0.39, 0.29) is 0 Å². The van der Waals surface area contributed by atoms with Crippen molar-refractivity contribution in [3.05, 3.63) is 121 Å². The van der Waals surface area contributed by atoms with Crippen LogP contribution >= 0.6 is 0 Å². The number of aromatic nitrogens is 10. The van der Waals surface area contributed by atoms with Crippen molar-refractivity contribution in [3.63, 3.8) is 0 Å². The van der Waals surface area contributed by atoms with Gasteiger partial charge >= 0.3 is 0 Å². The zero-order valence-corrected chi connectivity index (χ0v) is 30.6. The molecule has 0 aliphatic rings. The topological polar surface area (TPSA) is 129 Å². The molecule has 250 valence electrons. The molecule has 10 heteroatoms. The quantitative estimate of drug-likeness (QED) is 0.165. The zero-order valence-electron chi connectivity index (χ0n) is 30.6. The largest absolute Gasteiger partial charge is 0.261 e. The molecule has 0 aliphatic heterocycles. The van der Waals surface area contributed by atoms with E-state index in [4.69, 9.17) is 0 Å². The van der Waals surface area contributed by atoms with Gasteiger partial charge in [-0.2, -0.15) is 20.4 Å². The number of aryl methyl sites for hydroxylation is 5. The molecule has 0 atom stereocenters. The van der Waals surface area contributed by atoms with E-state index in [0.717, 1.165) is 28.2 Å². The lowest BCUT2D eigenvalue weighted by Gasteiger charge is -1.81. The van der Waals surface area contributed by atoms with Crippen molar-refractivity contribution < 1.29 is 0 Å². The third-order valence-electron chi connectivity index (χ3n) is 3.55. The molecule has 0 bridgehead atoms. The van der Waals surface area contributed by atoms with E-state index < -0.39 is 0 Å². The second-order valence-corrected chi connectivity index (χ2v) is 6.90. The Morgan fingerprint density at radius 3 is 1.22 bits per heavy atom. The summed E-state index contributed by atoms with van der Waals surface area (Å²) in [4.78, 5) is 22.9. The minimum Gasteiger partial charge on any atom is -0.261 e. The molecule has 0 radical (unpaired) electrons. The first-order valence-corrected chi connectivity index (χ1v) is 15.6. The summed E-state index contributed by atoms with van der Waals surface area (Å²) < 4.78 is 0. The molecule has 0 saturated heterocycles. The maximum absolute atomic E-state index is 3.92. The number of hydrogen-bond acceptors (Lipinski definition) is 10. The summed E-state index contributed by atoms with van der Waals surface area (Å²) in [5.74, 6) is 0. The van der Waals surface area contributed by atoms with Crippen LogP contribution < -0.4 is 0 Å². The lowest BCUT2D eigenvalue weighted by molar-refractivity contribution is 0.980. The van der Waals surface area contributed by atoms with Crippen molar-refractivity contribution in [1.82, 2.24) is 50.3 Å². The summed E-state index contributed by atoms with van der Waals surface area (Å²) >= 11 is 0. The van der Waals surface area contributed by atoms with Gasteiger partial charge in [-0.05, 0) is 70.0 Å². The molecule has 5 aromatic rings. The van der Waals surface area contributed by atoms with E-state index in [1.54, 1.807) is 55.8 Å². The van der Waals surface area contributed by atoms with Crippen molar-refractivity contribution in [2.75, 3.05) is 0 Å². The van der Waals surface area contributed by atoms with Crippen LogP contribution in [-0.2, 0) is 0 Å². The standard InChI is InChI=1S/5C5H6N2.5C2H6/c1-5-2-6-4-7-3-5;1-5-4-6-2-3-7-5;1-5-2-3-6-4-7-5;1-5-2-3-6-7-4-5;1-5-3-2-4-6-7-5;5*1-2/h5*2-4H,1H3;5*1-2H3. The molecule has 0 fully saturated rings. The highest BCUT2D eigenvalue weighted by molar-refractivity contribution is 5.00. The summed E-state index contributed by atoms with van der Waals surface area (Å²) in [6.45, 7) is 29.7. The summed E-state index contributed by atoms with van der Waals surface area (Å²) in [5.41, 5.74) is 5.18. The van der Waals surface area contributed by atoms with Crippen LogP contribution in [0.3, 0.4) is 0 Å². The minimum absolute atomic E-state index is 0.961. The SMILES string of the molecule is CC.CC.CC.CC.CC.Cc1cccnn1.Cc1ccncn1.Cc1ccnnc1.Cc1cnccn1.Cc1cncnc1. The second kappa shape index (κ2) is 46.4. The van der Waals surface area contributed by atoms with Crippen LogP contribution in [0.25, 0.3) is 0 Å². The predicted molar refractivity (Wildman–Crippen MR) is 191 cm³/mol. The Kier molecular flexibility index (Phi) is 51.6. The van der Waals surface area contributed by atoms with Crippen molar-refractivity contribution in [1.29, 1.82) is 0 Å². The van der Waals surface area contributed by atoms with Crippen LogP contribution in [-0.4, -0.2) is 50.3 Å². The molecule has 5 heterocycles. The average molecular weight is 621 g/mol. The molecule has 0 aromatic carbocycles. The third kappa shape index (κ3) is 44.0. The van der Waals surface area contributed by atoms with Gasteiger partial charge in [-0.25, -0.2) is 19.9 Å². The summed E-state index contributed by atoms with van der Waals surface area (Å²) in [7, 11) is 0. The molecule has 10 nitrogen and oxygen atoms in total. The first kappa shape index (κ1) is 50.0. The highest BCUT2D eigenvalue weighted by Gasteiger charge is 1.77. The van der Waals surface area contributed by atoms with Gasteiger partial charge in [-0.15, -0.1) is 0 Å².